The van der Waals surface area contributed by atoms with Gasteiger partial charge in [-0.25, -0.2) is 4.79 Å². The number of nitrogens with one attached hydrogen (secondary N) is 1. The number of para-hydroxylation sites is 1. The quantitative estimate of drug-likeness (QED) is 0.872. The van der Waals surface area contributed by atoms with E-state index in [0.717, 1.165) is 19.3 Å². The molecule has 0 aromatic heterocycles. The van der Waals surface area contributed by atoms with Crippen molar-refractivity contribution in [2.45, 2.75) is 31.7 Å². The summed E-state index contributed by atoms with van der Waals surface area (Å²) in [4.78, 5) is 25.6. The second-order valence-electron chi connectivity index (χ2n) is 5.03. The molecule has 0 spiro atoms. The van der Waals surface area contributed by atoms with Crippen LogP contribution in [0.1, 0.15) is 25.7 Å². The Morgan fingerprint density at radius 1 is 1.38 bits per heavy atom. The van der Waals surface area contributed by atoms with Crippen LogP contribution in [0.4, 0.5) is 10.5 Å². The summed E-state index contributed by atoms with van der Waals surface area (Å²) in [5.74, 6) is -0.294. The van der Waals surface area contributed by atoms with Gasteiger partial charge in [0.05, 0.1) is 24.2 Å². The minimum atomic E-state index is -0.294. The number of ether oxygens (including phenoxy) is 1. The maximum atomic E-state index is 12.4. The van der Waals surface area contributed by atoms with Gasteiger partial charge < -0.3 is 15.0 Å². The standard InChI is InChI=1S/C15H19ClN2O3/c1-21-14(19)10-11-6-4-5-9-18(11)15(20)17-13-8-3-2-7-12(13)16/h2-3,7-8,11H,4-6,9-10H2,1H3,(H,17,20). The summed E-state index contributed by atoms with van der Waals surface area (Å²) in [6.45, 7) is 0.637. The molecule has 1 fully saturated rings. The van der Waals surface area contributed by atoms with E-state index in [2.05, 4.69) is 5.32 Å². The number of rotatable bonds is 3. The SMILES string of the molecule is COC(=O)CC1CCCCN1C(=O)Nc1ccccc1Cl. The molecule has 0 radical (unpaired) electrons. The highest BCUT2D eigenvalue weighted by Gasteiger charge is 2.29. The molecule has 114 valence electrons. The van der Waals surface area contributed by atoms with Gasteiger partial charge in [-0.1, -0.05) is 23.7 Å². The van der Waals surface area contributed by atoms with Crippen LogP contribution in [0, 0.1) is 0 Å². The Morgan fingerprint density at radius 3 is 2.86 bits per heavy atom. The predicted octanol–water partition coefficient (Wildman–Crippen LogP) is 3.29. The first-order valence-corrected chi connectivity index (χ1v) is 7.38. The van der Waals surface area contributed by atoms with Crippen LogP contribution >= 0.6 is 11.6 Å². The molecule has 1 unspecified atom stereocenters. The van der Waals surface area contributed by atoms with E-state index in [4.69, 9.17) is 16.3 Å². The summed E-state index contributed by atoms with van der Waals surface area (Å²) in [5.41, 5.74) is 0.576. The van der Waals surface area contributed by atoms with E-state index < -0.39 is 0 Å². The van der Waals surface area contributed by atoms with Gasteiger partial charge in [-0.3, -0.25) is 4.79 Å². The van der Waals surface area contributed by atoms with Crippen molar-refractivity contribution in [2.75, 3.05) is 19.0 Å². The van der Waals surface area contributed by atoms with Crippen LogP contribution in [0.2, 0.25) is 5.02 Å². The molecular formula is C15H19ClN2O3. The molecule has 6 heteroatoms. The third kappa shape index (κ3) is 4.11. The zero-order valence-electron chi connectivity index (χ0n) is 12.0. The number of piperidine rings is 1. The van der Waals surface area contributed by atoms with Crippen molar-refractivity contribution >= 4 is 29.3 Å². The van der Waals surface area contributed by atoms with Gasteiger partial charge >= 0.3 is 12.0 Å². The highest BCUT2D eigenvalue weighted by atomic mass is 35.5. The number of carbonyl (C=O) groups excluding carboxylic acids is 2. The van der Waals surface area contributed by atoms with E-state index in [1.54, 1.807) is 23.1 Å². The number of amides is 2. The predicted molar refractivity (Wildman–Crippen MR) is 81.4 cm³/mol. The molecule has 1 aliphatic heterocycles. The summed E-state index contributed by atoms with van der Waals surface area (Å²) in [7, 11) is 1.36. The molecule has 1 N–H and O–H groups in total. The lowest BCUT2D eigenvalue weighted by molar-refractivity contribution is -0.142. The molecule has 0 aliphatic carbocycles. The second kappa shape index (κ2) is 7.31. The van der Waals surface area contributed by atoms with Gasteiger partial charge in [0.1, 0.15) is 0 Å². The normalized spacial score (nSPS) is 18.2. The smallest absolute Gasteiger partial charge is 0.322 e. The summed E-state index contributed by atoms with van der Waals surface area (Å²) < 4.78 is 4.70. The Balaban J connectivity index is 2.04. The minimum Gasteiger partial charge on any atom is -0.469 e. The van der Waals surface area contributed by atoms with E-state index >= 15 is 0 Å². The van der Waals surface area contributed by atoms with Crippen molar-refractivity contribution in [3.63, 3.8) is 0 Å². The first-order valence-electron chi connectivity index (χ1n) is 7.01. The number of benzene rings is 1. The van der Waals surface area contributed by atoms with Gasteiger partial charge in [0.25, 0.3) is 0 Å². The third-order valence-corrected chi connectivity index (χ3v) is 3.96. The molecule has 1 heterocycles. The second-order valence-corrected chi connectivity index (χ2v) is 5.44. The Bertz CT molecular complexity index is 521. The van der Waals surface area contributed by atoms with Crippen LogP contribution in [0.15, 0.2) is 24.3 Å². The average Bonchev–Trinajstić information content (AvgIpc) is 2.50. The van der Waals surface area contributed by atoms with Crippen LogP contribution in [-0.4, -0.2) is 36.6 Å². The van der Waals surface area contributed by atoms with Crippen molar-refractivity contribution in [3.05, 3.63) is 29.3 Å². The number of urea groups is 1. The van der Waals surface area contributed by atoms with Crippen molar-refractivity contribution < 1.29 is 14.3 Å². The number of likely N-dealkylation sites (tertiary alicyclic amines) is 1. The zero-order chi connectivity index (χ0) is 15.2. The molecule has 21 heavy (non-hydrogen) atoms. The molecule has 5 nitrogen and oxygen atoms in total. The molecule has 1 aromatic carbocycles. The van der Waals surface area contributed by atoms with Crippen LogP contribution in [0.5, 0.6) is 0 Å². The summed E-state index contributed by atoms with van der Waals surface area (Å²) in [6.07, 6.45) is 2.99. The highest BCUT2D eigenvalue weighted by molar-refractivity contribution is 6.33. The van der Waals surface area contributed by atoms with Crippen LogP contribution < -0.4 is 5.32 Å². The number of anilines is 1. The lowest BCUT2D eigenvalue weighted by Crippen LogP contribution is -2.46. The fourth-order valence-corrected chi connectivity index (χ4v) is 2.69. The van der Waals surface area contributed by atoms with Crippen LogP contribution in [0.3, 0.4) is 0 Å². The lowest BCUT2D eigenvalue weighted by atomic mass is 10.00. The van der Waals surface area contributed by atoms with Crippen molar-refractivity contribution in [1.29, 1.82) is 0 Å². The molecule has 0 bridgehead atoms. The number of hydrogen-bond donors (Lipinski definition) is 1. The van der Waals surface area contributed by atoms with Gasteiger partial charge in [0.2, 0.25) is 0 Å². The molecule has 1 atom stereocenters. The van der Waals surface area contributed by atoms with Gasteiger partial charge in [-0.15, -0.1) is 0 Å². The van der Waals surface area contributed by atoms with Crippen molar-refractivity contribution in [3.8, 4) is 0 Å². The number of hydrogen-bond acceptors (Lipinski definition) is 3. The number of carbonyl (C=O) groups is 2. The Hall–Kier alpha value is -1.75. The van der Waals surface area contributed by atoms with Crippen molar-refractivity contribution in [1.82, 2.24) is 4.90 Å². The third-order valence-electron chi connectivity index (χ3n) is 3.63. The fraction of sp³-hybridized carbons (Fsp3) is 0.467. The van der Waals surface area contributed by atoms with E-state index in [0.29, 0.717) is 17.3 Å². The zero-order valence-corrected chi connectivity index (χ0v) is 12.7. The molecule has 2 amide bonds. The van der Waals surface area contributed by atoms with Crippen LogP contribution in [0.25, 0.3) is 0 Å². The van der Waals surface area contributed by atoms with Gasteiger partial charge in [-0.05, 0) is 31.4 Å². The number of halogens is 1. The van der Waals surface area contributed by atoms with E-state index in [-0.39, 0.29) is 24.5 Å². The molecule has 1 saturated heterocycles. The Kier molecular flexibility index (Phi) is 5.44. The summed E-state index contributed by atoms with van der Waals surface area (Å²) >= 11 is 6.04. The van der Waals surface area contributed by atoms with Crippen LogP contribution in [-0.2, 0) is 9.53 Å². The molecule has 2 rings (SSSR count). The summed E-state index contributed by atoms with van der Waals surface area (Å²) in [5, 5.41) is 3.30. The first kappa shape index (κ1) is 15.6. The van der Waals surface area contributed by atoms with E-state index in [1.807, 2.05) is 6.07 Å². The topological polar surface area (TPSA) is 58.6 Å². The number of esters is 1. The molecular weight excluding hydrogens is 292 g/mol. The first-order chi connectivity index (χ1) is 10.1. The Morgan fingerprint density at radius 2 is 2.14 bits per heavy atom. The van der Waals surface area contributed by atoms with Gasteiger partial charge in [0, 0.05) is 12.6 Å². The number of methoxy groups -OCH3 is 1. The lowest BCUT2D eigenvalue weighted by Gasteiger charge is -2.35. The molecule has 1 aromatic rings. The minimum absolute atomic E-state index is 0.117. The highest BCUT2D eigenvalue weighted by Crippen LogP contribution is 2.24. The summed E-state index contributed by atoms with van der Waals surface area (Å²) in [6, 6.07) is 6.74. The van der Waals surface area contributed by atoms with E-state index in [1.165, 1.54) is 7.11 Å². The maximum absolute atomic E-state index is 12.4. The molecule has 1 aliphatic rings. The maximum Gasteiger partial charge on any atom is 0.322 e. The van der Waals surface area contributed by atoms with E-state index in [9.17, 15) is 9.59 Å². The monoisotopic (exact) mass is 310 g/mol. The Labute approximate surface area is 129 Å². The average molecular weight is 311 g/mol. The molecule has 0 saturated carbocycles. The van der Waals surface area contributed by atoms with Crippen molar-refractivity contribution in [2.24, 2.45) is 0 Å². The number of nitrogens with zero attached hydrogens (tertiary/aromatic N) is 1. The fourth-order valence-electron chi connectivity index (χ4n) is 2.51. The largest absolute Gasteiger partial charge is 0.469 e. The van der Waals surface area contributed by atoms with Gasteiger partial charge in [-0.2, -0.15) is 0 Å². The van der Waals surface area contributed by atoms with Gasteiger partial charge in [0.15, 0.2) is 0 Å².